The van der Waals surface area contributed by atoms with Crippen LogP contribution >= 0.6 is 0 Å². The van der Waals surface area contributed by atoms with Crippen molar-refractivity contribution in [2.24, 2.45) is 0 Å². The molecule has 0 radical (unpaired) electrons. The molecule has 0 aliphatic rings. The summed E-state index contributed by atoms with van der Waals surface area (Å²) < 4.78 is 38.2. The standard InChI is InChI=1S/C27H29N3O4S/c1-19-10-12-20(13-11-19)24(30(2)3)18-28-27-29-26(35(31,32)23-8-6-5-7-9-23)25(34-27)21-14-16-22(33-4)17-15-21/h5-17,24H,18H2,1-4H3,(H,28,29). The summed E-state index contributed by atoms with van der Waals surface area (Å²) in [7, 11) is 1.66. The Morgan fingerprint density at radius 2 is 1.63 bits per heavy atom. The van der Waals surface area contributed by atoms with Crippen LogP contribution in [0.5, 0.6) is 5.75 Å². The molecule has 3 aromatic carbocycles. The fourth-order valence-electron chi connectivity index (χ4n) is 3.77. The molecule has 0 aliphatic carbocycles. The quantitative estimate of drug-likeness (QED) is 0.344. The largest absolute Gasteiger partial charge is 0.497 e. The Balaban J connectivity index is 1.70. The molecular formula is C27H29N3O4S. The first-order chi connectivity index (χ1) is 16.8. The first kappa shape index (κ1) is 24.5. The molecule has 0 saturated carbocycles. The molecule has 0 saturated heterocycles. The molecule has 0 amide bonds. The van der Waals surface area contributed by atoms with Gasteiger partial charge in [-0.25, -0.2) is 8.42 Å². The van der Waals surface area contributed by atoms with E-state index in [0.29, 0.717) is 17.9 Å². The third-order valence-electron chi connectivity index (χ3n) is 5.79. The lowest BCUT2D eigenvalue weighted by molar-refractivity contribution is 0.310. The number of hydrogen-bond acceptors (Lipinski definition) is 7. The lowest BCUT2D eigenvalue weighted by atomic mass is 10.0. The molecular weight excluding hydrogens is 462 g/mol. The van der Waals surface area contributed by atoms with Crippen LogP contribution in [0.2, 0.25) is 0 Å². The molecule has 4 rings (SSSR count). The number of likely N-dealkylation sites (N-methyl/N-ethyl adjacent to an activating group) is 1. The van der Waals surface area contributed by atoms with Gasteiger partial charge >= 0.3 is 0 Å². The minimum Gasteiger partial charge on any atom is -0.497 e. The van der Waals surface area contributed by atoms with E-state index in [1.807, 2.05) is 14.1 Å². The average Bonchev–Trinajstić information content (AvgIpc) is 3.31. The number of nitrogens with one attached hydrogen (secondary N) is 1. The Bertz CT molecular complexity index is 1360. The van der Waals surface area contributed by atoms with Crippen LogP contribution in [0.1, 0.15) is 17.2 Å². The smallest absolute Gasteiger partial charge is 0.296 e. The van der Waals surface area contributed by atoms with E-state index in [9.17, 15) is 8.42 Å². The molecule has 182 valence electrons. The van der Waals surface area contributed by atoms with E-state index < -0.39 is 9.84 Å². The predicted molar refractivity (Wildman–Crippen MR) is 136 cm³/mol. The van der Waals surface area contributed by atoms with Crippen molar-refractivity contribution < 1.29 is 17.6 Å². The fraction of sp³-hybridized carbons (Fsp3) is 0.222. The minimum atomic E-state index is -3.91. The zero-order valence-corrected chi connectivity index (χ0v) is 21.0. The van der Waals surface area contributed by atoms with Gasteiger partial charge in [0, 0.05) is 12.1 Å². The number of rotatable bonds is 9. The van der Waals surface area contributed by atoms with Crippen molar-refractivity contribution in [3.05, 3.63) is 90.0 Å². The van der Waals surface area contributed by atoms with Crippen molar-refractivity contribution >= 4 is 15.9 Å². The van der Waals surface area contributed by atoms with E-state index in [0.717, 1.165) is 5.56 Å². The summed E-state index contributed by atoms with van der Waals surface area (Å²) in [6, 6.07) is 23.7. The molecule has 1 heterocycles. The van der Waals surface area contributed by atoms with E-state index in [4.69, 9.17) is 9.15 Å². The average molecular weight is 492 g/mol. The van der Waals surface area contributed by atoms with Crippen LogP contribution in [-0.4, -0.2) is 46.1 Å². The Morgan fingerprint density at radius 1 is 0.971 bits per heavy atom. The highest BCUT2D eigenvalue weighted by Gasteiger charge is 2.29. The van der Waals surface area contributed by atoms with Crippen molar-refractivity contribution in [1.82, 2.24) is 9.88 Å². The second-order valence-corrected chi connectivity index (χ2v) is 10.3. The van der Waals surface area contributed by atoms with Gasteiger partial charge in [-0.15, -0.1) is 0 Å². The van der Waals surface area contributed by atoms with Gasteiger partial charge in [0.25, 0.3) is 6.01 Å². The molecule has 1 atom stereocenters. The van der Waals surface area contributed by atoms with E-state index in [-0.39, 0.29) is 27.7 Å². The van der Waals surface area contributed by atoms with Crippen LogP contribution in [0.4, 0.5) is 6.01 Å². The Hall–Kier alpha value is -3.62. The predicted octanol–water partition coefficient (Wildman–Crippen LogP) is 5.21. The first-order valence-corrected chi connectivity index (χ1v) is 12.7. The molecule has 7 nitrogen and oxygen atoms in total. The number of aryl methyl sites for hydroxylation is 1. The number of anilines is 1. The number of aromatic nitrogens is 1. The highest BCUT2D eigenvalue weighted by molar-refractivity contribution is 7.91. The van der Waals surface area contributed by atoms with Crippen molar-refractivity contribution in [2.75, 3.05) is 33.1 Å². The summed E-state index contributed by atoms with van der Waals surface area (Å²) in [4.78, 5) is 6.64. The Morgan fingerprint density at radius 3 is 2.23 bits per heavy atom. The lowest BCUT2D eigenvalue weighted by Gasteiger charge is -2.24. The van der Waals surface area contributed by atoms with Crippen LogP contribution in [-0.2, 0) is 9.84 Å². The summed E-state index contributed by atoms with van der Waals surface area (Å²) in [5.74, 6) is 0.835. The number of ether oxygens (including phenoxy) is 1. The highest BCUT2D eigenvalue weighted by Crippen LogP contribution is 2.34. The second-order valence-electron chi connectivity index (χ2n) is 8.47. The van der Waals surface area contributed by atoms with Gasteiger partial charge in [-0.3, -0.25) is 0 Å². The fourth-order valence-corrected chi connectivity index (χ4v) is 5.12. The van der Waals surface area contributed by atoms with Crippen LogP contribution < -0.4 is 10.1 Å². The molecule has 0 aliphatic heterocycles. The Labute approximate surface area is 206 Å². The lowest BCUT2D eigenvalue weighted by Crippen LogP contribution is -2.27. The number of hydrogen-bond donors (Lipinski definition) is 1. The van der Waals surface area contributed by atoms with Crippen LogP contribution in [0.25, 0.3) is 11.3 Å². The second kappa shape index (κ2) is 10.3. The first-order valence-electron chi connectivity index (χ1n) is 11.2. The van der Waals surface area contributed by atoms with Gasteiger partial charge in [-0.05, 0) is 63.0 Å². The summed E-state index contributed by atoms with van der Waals surface area (Å²) in [5.41, 5.74) is 2.91. The number of oxazole rings is 1. The van der Waals surface area contributed by atoms with E-state index >= 15 is 0 Å². The zero-order valence-electron chi connectivity index (χ0n) is 20.2. The summed E-state index contributed by atoms with van der Waals surface area (Å²) in [6.45, 7) is 2.53. The van der Waals surface area contributed by atoms with Crippen molar-refractivity contribution in [2.45, 2.75) is 22.9 Å². The molecule has 1 N–H and O–H groups in total. The van der Waals surface area contributed by atoms with Crippen molar-refractivity contribution in [3.8, 4) is 17.1 Å². The monoisotopic (exact) mass is 491 g/mol. The summed E-state index contributed by atoms with van der Waals surface area (Å²) >= 11 is 0. The normalized spacial score (nSPS) is 12.5. The Kier molecular flexibility index (Phi) is 7.23. The summed E-state index contributed by atoms with van der Waals surface area (Å²) in [5, 5.41) is 3.08. The third-order valence-corrected chi connectivity index (χ3v) is 7.47. The van der Waals surface area contributed by atoms with Gasteiger partial charge in [0.15, 0.2) is 5.76 Å². The number of benzene rings is 3. The molecule has 35 heavy (non-hydrogen) atoms. The molecule has 1 aromatic heterocycles. The SMILES string of the molecule is COc1ccc(-c2oc(NCC(c3ccc(C)cc3)N(C)C)nc2S(=O)(=O)c2ccccc2)cc1. The van der Waals surface area contributed by atoms with Gasteiger partial charge in [0.1, 0.15) is 5.75 Å². The van der Waals surface area contributed by atoms with Crippen molar-refractivity contribution in [3.63, 3.8) is 0 Å². The van der Waals surface area contributed by atoms with Gasteiger partial charge in [-0.1, -0.05) is 48.0 Å². The number of nitrogens with zero attached hydrogens (tertiary/aromatic N) is 2. The number of methoxy groups -OCH3 is 1. The van der Waals surface area contributed by atoms with E-state index in [1.54, 1.807) is 61.7 Å². The van der Waals surface area contributed by atoms with E-state index in [1.165, 1.54) is 5.56 Å². The third kappa shape index (κ3) is 5.39. The van der Waals surface area contributed by atoms with Gasteiger partial charge in [0.05, 0.1) is 18.0 Å². The molecule has 4 aromatic rings. The molecule has 0 fully saturated rings. The highest BCUT2D eigenvalue weighted by atomic mass is 32.2. The zero-order chi connectivity index (χ0) is 25.0. The van der Waals surface area contributed by atoms with Crippen LogP contribution in [0.3, 0.4) is 0 Å². The van der Waals surface area contributed by atoms with E-state index in [2.05, 4.69) is 46.4 Å². The topological polar surface area (TPSA) is 84.7 Å². The molecule has 0 spiro atoms. The maximum absolute atomic E-state index is 13.5. The minimum absolute atomic E-state index is 0.0288. The molecule has 8 heteroatoms. The maximum atomic E-state index is 13.5. The maximum Gasteiger partial charge on any atom is 0.296 e. The summed E-state index contributed by atoms with van der Waals surface area (Å²) in [6.07, 6.45) is 0. The number of sulfone groups is 1. The van der Waals surface area contributed by atoms with Gasteiger partial charge < -0.3 is 19.4 Å². The van der Waals surface area contributed by atoms with Gasteiger partial charge in [0.2, 0.25) is 14.9 Å². The molecule has 0 bridgehead atoms. The van der Waals surface area contributed by atoms with Gasteiger partial charge in [-0.2, -0.15) is 4.98 Å². The molecule has 1 unspecified atom stereocenters. The van der Waals surface area contributed by atoms with Crippen LogP contribution in [0, 0.1) is 6.92 Å². The van der Waals surface area contributed by atoms with Crippen molar-refractivity contribution in [1.29, 1.82) is 0 Å². The van der Waals surface area contributed by atoms with Crippen LogP contribution in [0.15, 0.2) is 93.2 Å².